The van der Waals surface area contributed by atoms with Crippen LogP contribution in [0.2, 0.25) is 0 Å². The molecule has 0 saturated heterocycles. The normalized spacial score (nSPS) is 9.56. The highest BCUT2D eigenvalue weighted by atomic mass is 16.2. The first-order valence-corrected chi connectivity index (χ1v) is 5.30. The number of aromatic nitrogens is 1. The Morgan fingerprint density at radius 3 is 2.81 bits per heavy atom. The van der Waals surface area contributed by atoms with E-state index in [4.69, 9.17) is 5.26 Å². The number of amides is 1. The van der Waals surface area contributed by atoms with Crippen LogP contribution in [0.25, 0.3) is 0 Å². The van der Waals surface area contributed by atoms with Gasteiger partial charge in [-0.2, -0.15) is 5.26 Å². The summed E-state index contributed by atoms with van der Waals surface area (Å²) in [5.74, 6) is -0.0991. The molecule has 1 heterocycles. The fourth-order valence-corrected chi connectivity index (χ4v) is 1.28. The smallest absolute Gasteiger partial charge is 0.272 e. The van der Waals surface area contributed by atoms with Gasteiger partial charge >= 0.3 is 0 Å². The number of nitrogens with zero attached hydrogens (tertiary/aromatic N) is 3. The highest BCUT2D eigenvalue weighted by Gasteiger charge is 2.11. The maximum Gasteiger partial charge on any atom is 0.272 e. The van der Waals surface area contributed by atoms with Crippen molar-refractivity contribution in [3.8, 4) is 6.07 Å². The molecule has 0 fully saturated rings. The number of hydrogen-bond acceptors (Lipinski definition) is 3. The molecule has 4 nitrogen and oxygen atoms in total. The molecule has 1 rings (SSSR count). The molecule has 0 aliphatic rings. The van der Waals surface area contributed by atoms with Gasteiger partial charge in [-0.15, -0.1) is 0 Å². The number of pyridine rings is 1. The Labute approximate surface area is 95.5 Å². The van der Waals surface area contributed by atoms with Crippen molar-refractivity contribution >= 4 is 5.91 Å². The molecule has 0 N–H and O–H groups in total. The third-order valence-corrected chi connectivity index (χ3v) is 2.31. The Morgan fingerprint density at radius 2 is 2.31 bits per heavy atom. The summed E-state index contributed by atoms with van der Waals surface area (Å²) in [6.45, 7) is 2.81. The third-order valence-electron chi connectivity index (χ3n) is 2.31. The summed E-state index contributed by atoms with van der Waals surface area (Å²) < 4.78 is 0. The van der Waals surface area contributed by atoms with Gasteiger partial charge in [-0.25, -0.2) is 4.98 Å². The fraction of sp³-hybridized carbons (Fsp3) is 0.417. The Bertz CT molecular complexity index is 392. The summed E-state index contributed by atoms with van der Waals surface area (Å²) in [5, 5.41) is 8.61. The van der Waals surface area contributed by atoms with E-state index in [1.54, 1.807) is 24.1 Å². The second kappa shape index (κ2) is 5.86. The lowest BCUT2D eigenvalue weighted by Gasteiger charge is -2.15. The van der Waals surface area contributed by atoms with Gasteiger partial charge in [-0.3, -0.25) is 4.79 Å². The van der Waals surface area contributed by atoms with Crippen molar-refractivity contribution in [2.45, 2.75) is 19.8 Å². The standard InChI is InChI=1S/C12H15N3O/c1-3-4-7-15(2)12(16)11-6-5-10(8-13)9-14-11/h5-6,9H,3-4,7H2,1-2H3. The van der Waals surface area contributed by atoms with Crippen LogP contribution in [0.15, 0.2) is 18.3 Å². The molecule has 0 radical (unpaired) electrons. The van der Waals surface area contributed by atoms with Crippen molar-refractivity contribution in [3.63, 3.8) is 0 Å². The molecule has 0 unspecified atom stereocenters. The second-order valence-corrected chi connectivity index (χ2v) is 3.62. The van der Waals surface area contributed by atoms with Crippen molar-refractivity contribution in [3.05, 3.63) is 29.6 Å². The SMILES string of the molecule is CCCCN(C)C(=O)c1ccc(C#N)cn1. The highest BCUT2D eigenvalue weighted by Crippen LogP contribution is 2.03. The minimum atomic E-state index is -0.0991. The summed E-state index contributed by atoms with van der Waals surface area (Å²) in [6.07, 6.45) is 3.46. The summed E-state index contributed by atoms with van der Waals surface area (Å²) >= 11 is 0. The van der Waals surface area contributed by atoms with E-state index >= 15 is 0 Å². The lowest BCUT2D eigenvalue weighted by atomic mass is 10.2. The Balaban J connectivity index is 2.69. The molecule has 0 aliphatic carbocycles. The van der Waals surface area contributed by atoms with Gasteiger partial charge < -0.3 is 4.90 Å². The van der Waals surface area contributed by atoms with E-state index in [1.807, 2.05) is 6.07 Å². The fourth-order valence-electron chi connectivity index (χ4n) is 1.28. The Hall–Kier alpha value is -1.89. The number of carbonyl (C=O) groups excluding carboxylic acids is 1. The first-order valence-electron chi connectivity index (χ1n) is 5.30. The molecule has 0 atom stereocenters. The lowest BCUT2D eigenvalue weighted by molar-refractivity contribution is 0.0787. The molecule has 0 aliphatic heterocycles. The van der Waals surface area contributed by atoms with Gasteiger partial charge in [0.15, 0.2) is 0 Å². The zero-order valence-corrected chi connectivity index (χ0v) is 9.60. The van der Waals surface area contributed by atoms with Crippen LogP contribution in [-0.2, 0) is 0 Å². The third kappa shape index (κ3) is 3.06. The van der Waals surface area contributed by atoms with Crippen LogP contribution in [0.1, 0.15) is 35.8 Å². The molecule has 84 valence electrons. The quantitative estimate of drug-likeness (QED) is 0.773. The average Bonchev–Trinajstić information content (AvgIpc) is 2.35. The Morgan fingerprint density at radius 1 is 1.56 bits per heavy atom. The van der Waals surface area contributed by atoms with Crippen LogP contribution in [-0.4, -0.2) is 29.4 Å². The number of carbonyl (C=O) groups is 1. The summed E-state index contributed by atoms with van der Waals surface area (Å²) in [4.78, 5) is 17.4. The second-order valence-electron chi connectivity index (χ2n) is 3.62. The topological polar surface area (TPSA) is 57.0 Å². The van der Waals surface area contributed by atoms with E-state index in [-0.39, 0.29) is 5.91 Å². The molecule has 16 heavy (non-hydrogen) atoms. The largest absolute Gasteiger partial charge is 0.340 e. The summed E-state index contributed by atoms with van der Waals surface area (Å²) in [7, 11) is 1.76. The van der Waals surface area contributed by atoms with Gasteiger partial charge in [0.2, 0.25) is 0 Å². The van der Waals surface area contributed by atoms with Gasteiger partial charge in [0.1, 0.15) is 11.8 Å². The molecule has 1 amide bonds. The molecular formula is C12H15N3O. The number of unbranched alkanes of at least 4 members (excludes halogenated alkanes) is 1. The average molecular weight is 217 g/mol. The predicted molar refractivity (Wildman–Crippen MR) is 60.8 cm³/mol. The number of hydrogen-bond donors (Lipinski definition) is 0. The highest BCUT2D eigenvalue weighted by molar-refractivity contribution is 5.92. The predicted octanol–water partition coefficient (Wildman–Crippen LogP) is 1.83. The van der Waals surface area contributed by atoms with E-state index in [9.17, 15) is 4.79 Å². The molecule has 0 aromatic carbocycles. The van der Waals surface area contributed by atoms with Crippen LogP contribution >= 0.6 is 0 Å². The first kappa shape index (κ1) is 12.2. The lowest BCUT2D eigenvalue weighted by Crippen LogP contribution is -2.28. The van der Waals surface area contributed by atoms with E-state index in [1.165, 1.54) is 6.20 Å². The van der Waals surface area contributed by atoms with Gasteiger partial charge in [0.05, 0.1) is 5.56 Å². The minimum absolute atomic E-state index is 0.0991. The molecular weight excluding hydrogens is 202 g/mol. The zero-order valence-electron chi connectivity index (χ0n) is 9.60. The summed E-state index contributed by atoms with van der Waals surface area (Å²) in [5.41, 5.74) is 0.852. The zero-order chi connectivity index (χ0) is 12.0. The van der Waals surface area contributed by atoms with Crippen LogP contribution in [0.5, 0.6) is 0 Å². The van der Waals surface area contributed by atoms with E-state index < -0.39 is 0 Å². The van der Waals surface area contributed by atoms with Crippen LogP contribution in [0.3, 0.4) is 0 Å². The molecule has 0 spiro atoms. The van der Waals surface area contributed by atoms with E-state index in [0.29, 0.717) is 11.3 Å². The van der Waals surface area contributed by atoms with E-state index in [0.717, 1.165) is 19.4 Å². The monoisotopic (exact) mass is 217 g/mol. The van der Waals surface area contributed by atoms with E-state index in [2.05, 4.69) is 11.9 Å². The van der Waals surface area contributed by atoms with Crippen molar-refractivity contribution in [1.29, 1.82) is 5.26 Å². The first-order chi connectivity index (χ1) is 7.69. The maximum atomic E-state index is 11.8. The van der Waals surface area contributed by atoms with Crippen LogP contribution < -0.4 is 0 Å². The molecule has 0 saturated carbocycles. The summed E-state index contributed by atoms with van der Waals surface area (Å²) in [6, 6.07) is 5.16. The van der Waals surface area contributed by atoms with Gasteiger partial charge in [-0.05, 0) is 18.6 Å². The Kier molecular flexibility index (Phi) is 4.46. The van der Waals surface area contributed by atoms with Crippen molar-refractivity contribution in [2.24, 2.45) is 0 Å². The van der Waals surface area contributed by atoms with Crippen LogP contribution in [0, 0.1) is 11.3 Å². The number of nitriles is 1. The molecule has 4 heteroatoms. The molecule has 1 aromatic heterocycles. The van der Waals surface area contributed by atoms with Crippen molar-refractivity contribution in [1.82, 2.24) is 9.88 Å². The molecule has 1 aromatic rings. The molecule has 0 bridgehead atoms. The number of rotatable bonds is 4. The van der Waals surface area contributed by atoms with Gasteiger partial charge in [0, 0.05) is 19.8 Å². The van der Waals surface area contributed by atoms with Crippen molar-refractivity contribution in [2.75, 3.05) is 13.6 Å². The maximum absolute atomic E-state index is 11.8. The minimum Gasteiger partial charge on any atom is -0.340 e. The van der Waals surface area contributed by atoms with Gasteiger partial charge in [-0.1, -0.05) is 13.3 Å². The van der Waals surface area contributed by atoms with Gasteiger partial charge in [0.25, 0.3) is 5.91 Å². The van der Waals surface area contributed by atoms with Crippen LogP contribution in [0.4, 0.5) is 0 Å². The van der Waals surface area contributed by atoms with Crippen molar-refractivity contribution < 1.29 is 4.79 Å².